The second kappa shape index (κ2) is 6.82. The first-order valence-electron chi connectivity index (χ1n) is 6.97. The van der Waals surface area contributed by atoms with Crippen molar-refractivity contribution in [2.75, 3.05) is 0 Å². The summed E-state index contributed by atoms with van der Waals surface area (Å²) in [7, 11) is 0. The minimum absolute atomic E-state index is 0.120. The van der Waals surface area contributed by atoms with Gasteiger partial charge >= 0.3 is 0 Å². The quantitative estimate of drug-likeness (QED) is 0.436. The standard InChI is InChI=1S/C17H14Br2Cl2O/c18-13-5-1-3-11(7-13)15-9-17(20,21)10-16(22-15)12-4-2-6-14(19)8-12/h1-8,15-16H,9-10H2/t15-,16+. The van der Waals surface area contributed by atoms with E-state index in [0.717, 1.165) is 20.1 Å². The molecule has 1 fully saturated rings. The summed E-state index contributed by atoms with van der Waals surface area (Å²) in [4.78, 5) is 0. The molecule has 2 aromatic carbocycles. The van der Waals surface area contributed by atoms with E-state index < -0.39 is 4.33 Å². The third-order valence-electron chi connectivity index (χ3n) is 3.74. The molecule has 0 spiro atoms. The summed E-state index contributed by atoms with van der Waals surface area (Å²) < 4.78 is 7.54. The van der Waals surface area contributed by atoms with Crippen LogP contribution in [0.5, 0.6) is 0 Å². The number of ether oxygens (including phenoxy) is 1. The largest absolute Gasteiger partial charge is 0.365 e. The first kappa shape index (κ1) is 16.8. The highest BCUT2D eigenvalue weighted by molar-refractivity contribution is 9.10. The van der Waals surface area contributed by atoms with Gasteiger partial charge in [-0.25, -0.2) is 0 Å². The lowest BCUT2D eigenvalue weighted by molar-refractivity contribution is -0.0571. The van der Waals surface area contributed by atoms with Gasteiger partial charge in [-0.15, -0.1) is 23.2 Å². The summed E-state index contributed by atoms with van der Waals surface area (Å²) in [6.07, 6.45) is 0.921. The van der Waals surface area contributed by atoms with Crippen LogP contribution in [0.3, 0.4) is 0 Å². The Morgan fingerprint density at radius 1 is 0.864 bits per heavy atom. The van der Waals surface area contributed by atoms with Crippen molar-refractivity contribution in [2.45, 2.75) is 29.4 Å². The lowest BCUT2D eigenvalue weighted by Gasteiger charge is -2.38. The van der Waals surface area contributed by atoms with Crippen LogP contribution in [0, 0.1) is 0 Å². The van der Waals surface area contributed by atoms with Crippen molar-refractivity contribution < 1.29 is 4.74 Å². The molecule has 0 saturated carbocycles. The van der Waals surface area contributed by atoms with E-state index in [-0.39, 0.29) is 12.2 Å². The molecule has 1 aliphatic rings. The van der Waals surface area contributed by atoms with E-state index in [0.29, 0.717) is 12.8 Å². The Labute approximate surface area is 157 Å². The molecule has 0 aliphatic carbocycles. The summed E-state index contributed by atoms with van der Waals surface area (Å²) in [6.45, 7) is 0. The van der Waals surface area contributed by atoms with Crippen LogP contribution in [-0.4, -0.2) is 4.33 Å². The van der Waals surface area contributed by atoms with Gasteiger partial charge in [0.25, 0.3) is 0 Å². The lowest BCUT2D eigenvalue weighted by Crippen LogP contribution is -2.30. The molecule has 0 unspecified atom stereocenters. The van der Waals surface area contributed by atoms with Crippen LogP contribution in [0.1, 0.15) is 36.2 Å². The number of hydrogen-bond acceptors (Lipinski definition) is 1. The zero-order valence-corrected chi connectivity index (χ0v) is 16.3. The summed E-state index contributed by atoms with van der Waals surface area (Å²) in [5.41, 5.74) is 2.17. The monoisotopic (exact) mass is 462 g/mol. The molecule has 1 aliphatic heterocycles. The van der Waals surface area contributed by atoms with E-state index in [1.54, 1.807) is 0 Å². The van der Waals surface area contributed by atoms with Gasteiger partial charge < -0.3 is 4.74 Å². The summed E-state index contributed by atoms with van der Waals surface area (Å²) in [5, 5.41) is 0. The van der Waals surface area contributed by atoms with E-state index >= 15 is 0 Å². The van der Waals surface area contributed by atoms with E-state index in [2.05, 4.69) is 44.0 Å². The number of halogens is 4. The maximum Gasteiger partial charge on any atom is 0.123 e. The van der Waals surface area contributed by atoms with E-state index in [4.69, 9.17) is 27.9 Å². The van der Waals surface area contributed by atoms with E-state index in [9.17, 15) is 0 Å². The molecule has 0 N–H and O–H groups in total. The zero-order valence-electron chi connectivity index (χ0n) is 11.6. The van der Waals surface area contributed by atoms with Crippen LogP contribution < -0.4 is 0 Å². The fourth-order valence-electron chi connectivity index (χ4n) is 2.73. The molecule has 0 amide bonds. The fourth-order valence-corrected chi connectivity index (χ4v) is 4.12. The van der Waals surface area contributed by atoms with Crippen molar-refractivity contribution in [3.8, 4) is 0 Å². The highest BCUT2D eigenvalue weighted by Gasteiger charge is 2.39. The predicted molar refractivity (Wildman–Crippen MR) is 98.5 cm³/mol. The molecule has 5 heteroatoms. The number of rotatable bonds is 2. The van der Waals surface area contributed by atoms with Gasteiger partial charge in [0.05, 0.1) is 12.2 Å². The molecule has 3 rings (SSSR count). The molecule has 2 atom stereocenters. The molecule has 116 valence electrons. The number of benzene rings is 2. The normalized spacial score (nSPS) is 24.2. The van der Waals surface area contributed by atoms with Gasteiger partial charge in [-0.3, -0.25) is 0 Å². The average molecular weight is 465 g/mol. The third kappa shape index (κ3) is 4.07. The molecule has 0 bridgehead atoms. The Hall–Kier alpha value is -0.0600. The van der Waals surface area contributed by atoms with Gasteiger partial charge in [0.15, 0.2) is 0 Å². The maximum atomic E-state index is 6.50. The summed E-state index contributed by atoms with van der Waals surface area (Å²) >= 11 is 20.0. The van der Waals surface area contributed by atoms with Crippen molar-refractivity contribution in [3.63, 3.8) is 0 Å². The topological polar surface area (TPSA) is 9.23 Å². The first-order chi connectivity index (χ1) is 10.4. The van der Waals surface area contributed by atoms with Crippen molar-refractivity contribution in [2.24, 2.45) is 0 Å². The number of alkyl halides is 2. The van der Waals surface area contributed by atoms with Gasteiger partial charge in [-0.2, -0.15) is 0 Å². The maximum absolute atomic E-state index is 6.50. The Bertz CT molecular complexity index is 620. The van der Waals surface area contributed by atoms with Gasteiger partial charge in [-0.1, -0.05) is 56.1 Å². The van der Waals surface area contributed by atoms with Crippen LogP contribution in [0.4, 0.5) is 0 Å². The highest BCUT2D eigenvalue weighted by atomic mass is 79.9. The molecular formula is C17H14Br2Cl2O. The van der Waals surface area contributed by atoms with E-state index in [1.807, 2.05) is 36.4 Å². The minimum Gasteiger partial charge on any atom is -0.365 e. The Morgan fingerprint density at radius 2 is 1.32 bits per heavy atom. The lowest BCUT2D eigenvalue weighted by atomic mass is 9.94. The average Bonchev–Trinajstić information content (AvgIpc) is 2.45. The fraction of sp³-hybridized carbons (Fsp3) is 0.294. The molecule has 22 heavy (non-hydrogen) atoms. The summed E-state index contributed by atoms with van der Waals surface area (Å²) in [6, 6.07) is 16.2. The van der Waals surface area contributed by atoms with Crippen molar-refractivity contribution in [1.82, 2.24) is 0 Å². The first-order valence-corrected chi connectivity index (χ1v) is 9.31. The minimum atomic E-state index is -0.793. The van der Waals surface area contributed by atoms with Crippen LogP contribution in [0.25, 0.3) is 0 Å². The molecule has 0 aromatic heterocycles. The Balaban J connectivity index is 1.90. The highest BCUT2D eigenvalue weighted by Crippen LogP contribution is 2.49. The molecule has 1 saturated heterocycles. The molecule has 0 radical (unpaired) electrons. The molecule has 2 aromatic rings. The third-order valence-corrected chi connectivity index (χ3v) is 5.34. The van der Waals surface area contributed by atoms with Gasteiger partial charge in [-0.05, 0) is 35.4 Å². The van der Waals surface area contributed by atoms with Crippen LogP contribution >= 0.6 is 55.1 Å². The van der Waals surface area contributed by atoms with Gasteiger partial charge in [0.2, 0.25) is 0 Å². The SMILES string of the molecule is ClC1(Cl)C[C@@H](c2cccc(Br)c2)O[C@@H](c2cccc(Br)c2)C1. The van der Waals surface area contributed by atoms with Crippen molar-refractivity contribution in [3.05, 3.63) is 68.6 Å². The zero-order chi connectivity index (χ0) is 15.7. The Morgan fingerprint density at radius 3 is 1.73 bits per heavy atom. The second-order valence-electron chi connectivity index (χ2n) is 5.49. The van der Waals surface area contributed by atoms with Crippen molar-refractivity contribution >= 4 is 55.1 Å². The predicted octanol–water partition coefficient (Wildman–Crippen LogP) is 6.98. The molecule has 1 nitrogen and oxygen atoms in total. The second-order valence-corrected chi connectivity index (χ2v) is 8.96. The van der Waals surface area contributed by atoms with Gasteiger partial charge in [0.1, 0.15) is 4.33 Å². The smallest absolute Gasteiger partial charge is 0.123 e. The van der Waals surface area contributed by atoms with Crippen LogP contribution in [0.2, 0.25) is 0 Å². The van der Waals surface area contributed by atoms with Crippen LogP contribution in [-0.2, 0) is 4.74 Å². The van der Waals surface area contributed by atoms with E-state index in [1.165, 1.54) is 0 Å². The molecule has 1 heterocycles. The number of hydrogen-bond donors (Lipinski definition) is 0. The van der Waals surface area contributed by atoms with Crippen LogP contribution in [0.15, 0.2) is 57.5 Å². The van der Waals surface area contributed by atoms with Gasteiger partial charge in [0, 0.05) is 21.8 Å². The summed E-state index contributed by atoms with van der Waals surface area (Å²) in [5.74, 6) is 0. The van der Waals surface area contributed by atoms with Crippen molar-refractivity contribution in [1.29, 1.82) is 0 Å². The molecular weight excluding hydrogens is 451 g/mol. The Kier molecular flexibility index (Phi) is 5.20.